The largest absolute Gasteiger partial charge is 0.416 e. The molecule has 2 unspecified atom stereocenters. The van der Waals surface area contributed by atoms with Gasteiger partial charge in [0.05, 0.1) is 5.56 Å². The molecular weight excluding hydrogens is 381 g/mol. The molecule has 0 saturated carbocycles. The lowest BCUT2D eigenvalue weighted by Gasteiger charge is -2.39. The third-order valence-corrected chi connectivity index (χ3v) is 3.73. The van der Waals surface area contributed by atoms with Crippen LogP contribution in [0, 0.1) is 5.82 Å². The van der Waals surface area contributed by atoms with Gasteiger partial charge in [-0.25, -0.2) is 4.39 Å². The lowest BCUT2D eigenvalue weighted by molar-refractivity contribution is -0.184. The van der Waals surface area contributed by atoms with Crippen molar-refractivity contribution in [2.45, 2.75) is 37.3 Å². The van der Waals surface area contributed by atoms with Crippen LogP contribution < -0.4 is 5.73 Å². The number of hydrogen-bond donors (Lipinski definition) is 1. The molecule has 1 aromatic carbocycles. The number of piperidine rings is 1. The highest BCUT2D eigenvalue weighted by atomic mass is 35.5. The van der Waals surface area contributed by atoms with Gasteiger partial charge in [-0.2, -0.15) is 26.3 Å². The van der Waals surface area contributed by atoms with Crippen LogP contribution in [0.5, 0.6) is 0 Å². The first-order valence-corrected chi connectivity index (χ1v) is 6.90. The van der Waals surface area contributed by atoms with Crippen molar-refractivity contribution in [1.29, 1.82) is 0 Å². The van der Waals surface area contributed by atoms with Crippen molar-refractivity contribution in [3.63, 3.8) is 0 Å². The standard InChI is InChI=1S/C14H13F7N2O.ClH/c15-9-4-7(3-8(5-9)13(16,17)18)12(24)23-6-10(22)1-2-11(23)14(19,20)21;/h3-5,10-11H,1-2,6,22H2;1H. The van der Waals surface area contributed by atoms with E-state index in [-0.39, 0.29) is 24.9 Å². The lowest BCUT2D eigenvalue weighted by atomic mass is 9.97. The zero-order chi connectivity index (χ0) is 18.3. The van der Waals surface area contributed by atoms with Crippen LogP contribution >= 0.6 is 12.4 Å². The van der Waals surface area contributed by atoms with Crippen molar-refractivity contribution < 1.29 is 35.5 Å². The van der Waals surface area contributed by atoms with E-state index in [2.05, 4.69) is 0 Å². The molecule has 2 N–H and O–H groups in total. The van der Waals surface area contributed by atoms with E-state index in [0.717, 1.165) is 0 Å². The van der Waals surface area contributed by atoms with E-state index in [1.165, 1.54) is 0 Å². The van der Waals surface area contributed by atoms with Gasteiger partial charge >= 0.3 is 12.4 Å². The molecule has 0 spiro atoms. The van der Waals surface area contributed by atoms with Crippen molar-refractivity contribution in [1.82, 2.24) is 4.90 Å². The smallest absolute Gasteiger partial charge is 0.326 e. The first-order chi connectivity index (χ1) is 10.9. The maximum atomic E-state index is 13.4. The number of halogens is 8. The molecule has 2 rings (SSSR count). The Bertz CT molecular complexity index is 633. The van der Waals surface area contributed by atoms with Gasteiger partial charge in [0.25, 0.3) is 5.91 Å². The highest BCUT2D eigenvalue weighted by Crippen LogP contribution is 2.34. The fourth-order valence-corrected chi connectivity index (χ4v) is 2.61. The van der Waals surface area contributed by atoms with Crippen LogP contribution in [0.4, 0.5) is 30.7 Å². The molecule has 1 amide bonds. The van der Waals surface area contributed by atoms with Gasteiger partial charge < -0.3 is 10.6 Å². The minimum absolute atomic E-state index is 0. The van der Waals surface area contributed by atoms with E-state index >= 15 is 0 Å². The Kier molecular flexibility index (Phi) is 6.33. The average molecular weight is 395 g/mol. The number of carbonyl (C=O) groups is 1. The van der Waals surface area contributed by atoms with Gasteiger partial charge in [-0.3, -0.25) is 4.79 Å². The normalized spacial score (nSPS) is 21.7. The van der Waals surface area contributed by atoms with Gasteiger partial charge in [-0.1, -0.05) is 0 Å². The topological polar surface area (TPSA) is 46.3 Å². The highest BCUT2D eigenvalue weighted by Gasteiger charge is 2.48. The summed E-state index contributed by atoms with van der Waals surface area (Å²) in [7, 11) is 0. The summed E-state index contributed by atoms with van der Waals surface area (Å²) in [6, 6.07) is -1.92. The molecule has 2 atom stereocenters. The van der Waals surface area contributed by atoms with Crippen LogP contribution in [-0.2, 0) is 6.18 Å². The molecule has 25 heavy (non-hydrogen) atoms. The molecule has 0 radical (unpaired) electrons. The average Bonchev–Trinajstić information content (AvgIpc) is 2.43. The summed E-state index contributed by atoms with van der Waals surface area (Å²) in [5, 5.41) is 0. The molecule has 0 bridgehead atoms. The molecule has 1 aliphatic rings. The van der Waals surface area contributed by atoms with Crippen LogP contribution in [0.15, 0.2) is 18.2 Å². The Morgan fingerprint density at radius 3 is 2.20 bits per heavy atom. The SMILES string of the molecule is Cl.NC1CCC(C(F)(F)F)N(C(=O)c2cc(F)cc(C(F)(F)F)c2)C1. The Morgan fingerprint density at radius 1 is 1.08 bits per heavy atom. The van der Waals surface area contributed by atoms with Crippen LogP contribution in [-0.4, -0.2) is 35.6 Å². The predicted molar refractivity (Wildman–Crippen MR) is 76.7 cm³/mol. The van der Waals surface area contributed by atoms with Crippen molar-refractivity contribution in [3.8, 4) is 0 Å². The number of likely N-dealkylation sites (tertiary alicyclic amines) is 1. The molecule has 3 nitrogen and oxygen atoms in total. The van der Waals surface area contributed by atoms with Crippen LogP contribution in [0.25, 0.3) is 0 Å². The fourth-order valence-electron chi connectivity index (χ4n) is 2.61. The zero-order valence-electron chi connectivity index (χ0n) is 12.5. The van der Waals surface area contributed by atoms with E-state index < -0.39 is 60.3 Å². The molecule has 1 aliphatic heterocycles. The van der Waals surface area contributed by atoms with E-state index in [1.807, 2.05) is 0 Å². The first kappa shape index (κ1) is 21.5. The molecule has 142 valence electrons. The molecule has 1 saturated heterocycles. The Labute approximate surface area is 144 Å². The number of rotatable bonds is 1. The number of carbonyl (C=O) groups excluding carboxylic acids is 1. The van der Waals surface area contributed by atoms with E-state index in [4.69, 9.17) is 5.73 Å². The summed E-state index contributed by atoms with van der Waals surface area (Å²) in [5.41, 5.74) is 3.31. The fraction of sp³-hybridized carbons (Fsp3) is 0.500. The van der Waals surface area contributed by atoms with Gasteiger partial charge in [0, 0.05) is 18.2 Å². The molecule has 0 aromatic heterocycles. The Morgan fingerprint density at radius 2 is 1.68 bits per heavy atom. The van der Waals surface area contributed by atoms with Gasteiger partial charge in [-0.05, 0) is 31.0 Å². The number of alkyl halides is 6. The number of nitrogens with zero attached hydrogens (tertiary/aromatic N) is 1. The lowest BCUT2D eigenvalue weighted by Crippen LogP contribution is -2.56. The number of benzene rings is 1. The van der Waals surface area contributed by atoms with E-state index in [0.29, 0.717) is 17.0 Å². The third kappa shape index (κ3) is 4.97. The Hall–Kier alpha value is -1.55. The zero-order valence-corrected chi connectivity index (χ0v) is 13.3. The summed E-state index contributed by atoms with van der Waals surface area (Å²) in [6.45, 7) is -0.471. The second kappa shape index (κ2) is 7.36. The molecular formula is C14H14ClF7N2O. The summed E-state index contributed by atoms with van der Waals surface area (Å²) in [6.07, 6.45) is -10.1. The number of nitrogens with two attached hydrogens (primary N) is 1. The Balaban J connectivity index is 0.00000312. The van der Waals surface area contributed by atoms with Gasteiger partial charge in [0.15, 0.2) is 0 Å². The van der Waals surface area contributed by atoms with E-state index in [9.17, 15) is 35.5 Å². The maximum absolute atomic E-state index is 13.4. The van der Waals surface area contributed by atoms with Gasteiger partial charge in [0.1, 0.15) is 11.9 Å². The van der Waals surface area contributed by atoms with E-state index in [1.54, 1.807) is 0 Å². The van der Waals surface area contributed by atoms with Crippen molar-refractivity contribution in [2.24, 2.45) is 5.73 Å². The van der Waals surface area contributed by atoms with Crippen LogP contribution in [0.2, 0.25) is 0 Å². The summed E-state index contributed by atoms with van der Waals surface area (Å²) in [5.74, 6) is -2.70. The van der Waals surface area contributed by atoms with Crippen molar-refractivity contribution >= 4 is 18.3 Å². The molecule has 0 aliphatic carbocycles. The van der Waals surface area contributed by atoms with Gasteiger partial charge in [0.2, 0.25) is 0 Å². The second-order valence-electron chi connectivity index (χ2n) is 5.58. The second-order valence-corrected chi connectivity index (χ2v) is 5.58. The first-order valence-electron chi connectivity index (χ1n) is 6.90. The molecule has 11 heteroatoms. The quantitative estimate of drug-likeness (QED) is 0.737. The summed E-state index contributed by atoms with van der Waals surface area (Å²) in [4.78, 5) is 12.6. The minimum Gasteiger partial charge on any atom is -0.326 e. The van der Waals surface area contributed by atoms with Gasteiger partial charge in [-0.15, -0.1) is 12.4 Å². The molecule has 1 aromatic rings. The number of hydrogen-bond acceptors (Lipinski definition) is 2. The predicted octanol–water partition coefficient (Wildman–Crippen LogP) is 3.76. The van der Waals surface area contributed by atoms with Crippen LogP contribution in [0.3, 0.4) is 0 Å². The van der Waals surface area contributed by atoms with Crippen molar-refractivity contribution in [3.05, 3.63) is 35.1 Å². The maximum Gasteiger partial charge on any atom is 0.416 e. The summed E-state index contributed by atoms with van der Waals surface area (Å²) >= 11 is 0. The molecule has 1 fully saturated rings. The molecule has 1 heterocycles. The minimum atomic E-state index is -4.93. The van der Waals surface area contributed by atoms with Crippen LogP contribution in [0.1, 0.15) is 28.8 Å². The monoisotopic (exact) mass is 394 g/mol. The van der Waals surface area contributed by atoms with Crippen molar-refractivity contribution in [2.75, 3.05) is 6.54 Å². The summed E-state index contributed by atoms with van der Waals surface area (Å²) < 4.78 is 90.6. The third-order valence-electron chi connectivity index (χ3n) is 3.73. The highest BCUT2D eigenvalue weighted by molar-refractivity contribution is 5.94. The number of amides is 1.